The zero-order chi connectivity index (χ0) is 18.7. The van der Waals surface area contributed by atoms with Crippen molar-refractivity contribution in [3.05, 3.63) is 53.7 Å². The molecular weight excluding hydrogens is 350 g/mol. The van der Waals surface area contributed by atoms with Crippen molar-refractivity contribution >= 4 is 27.2 Å². The van der Waals surface area contributed by atoms with Crippen LogP contribution < -0.4 is 10.2 Å². The maximum absolute atomic E-state index is 12.3. The first-order valence-electron chi connectivity index (χ1n) is 8.69. The summed E-state index contributed by atoms with van der Waals surface area (Å²) in [5.74, 6) is 0.952. The fraction of sp³-hybridized carbons (Fsp3) is 0.368. The summed E-state index contributed by atoms with van der Waals surface area (Å²) in [5.41, 5.74) is 2.23. The molecule has 138 valence electrons. The molecule has 7 heteroatoms. The molecule has 6 nitrogen and oxygen atoms in total. The summed E-state index contributed by atoms with van der Waals surface area (Å²) in [4.78, 5) is 18.7. The van der Waals surface area contributed by atoms with E-state index in [9.17, 15) is 13.2 Å². The van der Waals surface area contributed by atoms with Crippen LogP contribution >= 0.6 is 0 Å². The molecule has 0 spiro atoms. The largest absolute Gasteiger partial charge is 0.353 e. The number of carbonyl (C=O) groups is 1. The second-order valence-electron chi connectivity index (χ2n) is 6.57. The minimum Gasteiger partial charge on any atom is -0.353 e. The van der Waals surface area contributed by atoms with E-state index in [0.717, 1.165) is 11.4 Å². The van der Waals surface area contributed by atoms with Gasteiger partial charge in [-0.15, -0.1) is 0 Å². The quantitative estimate of drug-likeness (QED) is 0.872. The second kappa shape index (κ2) is 7.45. The fourth-order valence-corrected chi connectivity index (χ4v) is 4.98. The molecule has 1 atom stereocenters. The van der Waals surface area contributed by atoms with Gasteiger partial charge in [0.25, 0.3) is 5.91 Å². The SMILES string of the molecule is CCN(c1ccc(NC(=O)c2cccc(C)c2)cn1)C1CCS(=O)(=O)C1. The van der Waals surface area contributed by atoms with Gasteiger partial charge in [-0.1, -0.05) is 17.7 Å². The van der Waals surface area contributed by atoms with E-state index in [0.29, 0.717) is 24.2 Å². The van der Waals surface area contributed by atoms with Crippen LogP contribution in [-0.2, 0) is 9.84 Å². The van der Waals surface area contributed by atoms with E-state index in [1.807, 2.05) is 43.0 Å². The maximum Gasteiger partial charge on any atom is 0.255 e. The molecule has 1 N–H and O–H groups in total. The highest BCUT2D eigenvalue weighted by Crippen LogP contribution is 2.23. The molecule has 2 heterocycles. The third-order valence-corrected chi connectivity index (χ3v) is 6.32. The Morgan fingerprint density at radius 3 is 2.69 bits per heavy atom. The van der Waals surface area contributed by atoms with Gasteiger partial charge in [-0.25, -0.2) is 13.4 Å². The van der Waals surface area contributed by atoms with Crippen LogP contribution in [0.25, 0.3) is 0 Å². The lowest BCUT2D eigenvalue weighted by Crippen LogP contribution is -2.36. The number of aryl methyl sites for hydroxylation is 1. The summed E-state index contributed by atoms with van der Waals surface area (Å²) in [6, 6.07) is 11.0. The van der Waals surface area contributed by atoms with Crippen LogP contribution in [0, 0.1) is 6.92 Å². The standard InChI is InChI=1S/C19H23N3O3S/c1-3-22(17-9-10-26(24,25)13-17)18-8-7-16(12-20-18)21-19(23)15-6-4-5-14(2)11-15/h4-8,11-12,17H,3,9-10,13H2,1-2H3,(H,21,23). The molecule has 0 aliphatic carbocycles. The van der Waals surface area contributed by atoms with Gasteiger partial charge < -0.3 is 10.2 Å². The Bertz CT molecular complexity index is 895. The molecule has 1 amide bonds. The molecule has 26 heavy (non-hydrogen) atoms. The predicted octanol–water partition coefficient (Wildman–Crippen LogP) is 2.66. The summed E-state index contributed by atoms with van der Waals surface area (Å²) < 4.78 is 23.5. The highest BCUT2D eigenvalue weighted by molar-refractivity contribution is 7.91. The molecule has 3 rings (SSSR count). The third-order valence-electron chi connectivity index (χ3n) is 4.57. The summed E-state index contributed by atoms with van der Waals surface area (Å²) in [7, 11) is -2.94. The van der Waals surface area contributed by atoms with Gasteiger partial charge >= 0.3 is 0 Å². The predicted molar refractivity (Wildman–Crippen MR) is 103 cm³/mol. The molecule has 1 aliphatic heterocycles. The van der Waals surface area contributed by atoms with Gasteiger partial charge in [-0.3, -0.25) is 4.79 Å². The van der Waals surface area contributed by atoms with Crippen LogP contribution in [0.5, 0.6) is 0 Å². The second-order valence-corrected chi connectivity index (χ2v) is 8.80. The zero-order valence-electron chi connectivity index (χ0n) is 15.0. The number of sulfone groups is 1. The summed E-state index contributed by atoms with van der Waals surface area (Å²) in [6.45, 7) is 4.61. The number of benzene rings is 1. The topological polar surface area (TPSA) is 79.4 Å². The number of carbonyl (C=O) groups excluding carboxylic acids is 1. The average molecular weight is 373 g/mol. The molecule has 1 saturated heterocycles. The van der Waals surface area contributed by atoms with E-state index in [2.05, 4.69) is 10.3 Å². The van der Waals surface area contributed by atoms with Gasteiger partial charge in [0.15, 0.2) is 9.84 Å². The molecular formula is C19H23N3O3S. The van der Waals surface area contributed by atoms with Crippen molar-refractivity contribution in [3.63, 3.8) is 0 Å². The number of hydrogen-bond acceptors (Lipinski definition) is 5. The highest BCUT2D eigenvalue weighted by Gasteiger charge is 2.32. The van der Waals surface area contributed by atoms with Gasteiger partial charge in [0.2, 0.25) is 0 Å². The molecule has 1 aromatic carbocycles. The third kappa shape index (κ3) is 4.22. The van der Waals surface area contributed by atoms with Crippen molar-refractivity contribution in [2.45, 2.75) is 26.3 Å². The molecule has 1 aromatic heterocycles. The minimum absolute atomic E-state index is 0.0368. The molecule has 1 aliphatic rings. The summed E-state index contributed by atoms with van der Waals surface area (Å²) in [6.07, 6.45) is 2.23. The van der Waals surface area contributed by atoms with Crippen molar-refractivity contribution in [3.8, 4) is 0 Å². The number of nitrogens with zero attached hydrogens (tertiary/aromatic N) is 2. The molecule has 2 aromatic rings. The molecule has 1 unspecified atom stereocenters. The van der Waals surface area contributed by atoms with Gasteiger partial charge in [-0.05, 0) is 44.5 Å². The summed E-state index contributed by atoms with van der Waals surface area (Å²) in [5, 5.41) is 2.84. The molecule has 1 fully saturated rings. The van der Waals surface area contributed by atoms with Crippen molar-refractivity contribution in [1.29, 1.82) is 0 Å². The first kappa shape index (κ1) is 18.4. The van der Waals surface area contributed by atoms with Gasteiger partial charge in [0.1, 0.15) is 5.82 Å². The van der Waals surface area contributed by atoms with Crippen molar-refractivity contribution in [2.75, 3.05) is 28.3 Å². The zero-order valence-corrected chi connectivity index (χ0v) is 15.8. The van der Waals surface area contributed by atoms with Crippen molar-refractivity contribution in [2.24, 2.45) is 0 Å². The van der Waals surface area contributed by atoms with E-state index in [1.165, 1.54) is 0 Å². The van der Waals surface area contributed by atoms with Crippen LogP contribution in [0.15, 0.2) is 42.6 Å². The number of amides is 1. The highest BCUT2D eigenvalue weighted by atomic mass is 32.2. The van der Waals surface area contributed by atoms with Crippen molar-refractivity contribution in [1.82, 2.24) is 4.98 Å². The van der Waals surface area contributed by atoms with Crippen LogP contribution in [0.2, 0.25) is 0 Å². The first-order valence-corrected chi connectivity index (χ1v) is 10.5. The lowest BCUT2D eigenvalue weighted by Gasteiger charge is -2.28. The maximum atomic E-state index is 12.3. The van der Waals surface area contributed by atoms with Crippen LogP contribution in [-0.4, -0.2) is 43.4 Å². The number of hydrogen-bond donors (Lipinski definition) is 1. The van der Waals surface area contributed by atoms with E-state index >= 15 is 0 Å². The molecule has 0 saturated carbocycles. The normalized spacial score (nSPS) is 18.5. The van der Waals surface area contributed by atoms with Gasteiger partial charge in [0.05, 0.1) is 23.4 Å². The lowest BCUT2D eigenvalue weighted by molar-refractivity contribution is 0.102. The Morgan fingerprint density at radius 1 is 1.31 bits per heavy atom. The Labute approximate surface area is 154 Å². The Balaban J connectivity index is 1.70. The van der Waals surface area contributed by atoms with E-state index in [4.69, 9.17) is 0 Å². The van der Waals surface area contributed by atoms with Gasteiger partial charge in [-0.2, -0.15) is 0 Å². The van der Waals surface area contributed by atoms with Crippen LogP contribution in [0.4, 0.5) is 11.5 Å². The van der Waals surface area contributed by atoms with Crippen LogP contribution in [0.3, 0.4) is 0 Å². The van der Waals surface area contributed by atoms with E-state index in [1.54, 1.807) is 18.3 Å². The Morgan fingerprint density at radius 2 is 2.12 bits per heavy atom. The van der Waals surface area contributed by atoms with E-state index in [-0.39, 0.29) is 23.5 Å². The minimum atomic E-state index is -2.94. The average Bonchev–Trinajstić information content (AvgIpc) is 2.96. The van der Waals surface area contributed by atoms with Crippen molar-refractivity contribution < 1.29 is 13.2 Å². The Kier molecular flexibility index (Phi) is 5.27. The van der Waals surface area contributed by atoms with Crippen LogP contribution in [0.1, 0.15) is 29.3 Å². The summed E-state index contributed by atoms with van der Waals surface area (Å²) >= 11 is 0. The number of aromatic nitrogens is 1. The molecule has 0 bridgehead atoms. The smallest absolute Gasteiger partial charge is 0.255 e. The molecule has 0 radical (unpaired) electrons. The van der Waals surface area contributed by atoms with E-state index < -0.39 is 9.84 Å². The number of rotatable bonds is 5. The lowest BCUT2D eigenvalue weighted by atomic mass is 10.1. The van der Waals surface area contributed by atoms with Gasteiger partial charge in [0, 0.05) is 18.2 Å². The first-order chi connectivity index (χ1) is 12.4. The number of anilines is 2. The Hall–Kier alpha value is -2.41. The monoisotopic (exact) mass is 373 g/mol. The number of pyridine rings is 1. The fourth-order valence-electron chi connectivity index (χ4n) is 3.25. The number of nitrogens with one attached hydrogen (secondary N) is 1.